The van der Waals surface area contributed by atoms with Crippen molar-refractivity contribution in [3.05, 3.63) is 33.9 Å². The van der Waals surface area contributed by atoms with E-state index in [4.69, 9.17) is 4.42 Å². The maximum absolute atomic E-state index is 12.9. The fraction of sp³-hybridized carbons (Fsp3) is 0.389. The highest BCUT2D eigenvalue weighted by atomic mass is 16.4. The molecular formula is C18H18N4O4. The smallest absolute Gasteiger partial charge is 0.339 e. The first kappa shape index (κ1) is 16.4. The molecule has 0 aromatic carbocycles. The number of anilines is 1. The van der Waals surface area contributed by atoms with Gasteiger partial charge in [0.2, 0.25) is 11.1 Å². The molecule has 1 aliphatic rings. The van der Waals surface area contributed by atoms with Crippen molar-refractivity contribution in [3.63, 3.8) is 0 Å². The first-order chi connectivity index (χ1) is 12.6. The van der Waals surface area contributed by atoms with Crippen LogP contribution in [-0.2, 0) is 0 Å². The van der Waals surface area contributed by atoms with Crippen LogP contribution >= 0.6 is 0 Å². The van der Waals surface area contributed by atoms with Crippen molar-refractivity contribution in [2.75, 3.05) is 12.4 Å². The van der Waals surface area contributed by atoms with Gasteiger partial charge in [-0.1, -0.05) is 19.3 Å². The number of carboxylic acids is 1. The Morgan fingerprint density at radius 2 is 2.04 bits per heavy atom. The number of carboxylic acid groups (broad SMARTS) is 1. The van der Waals surface area contributed by atoms with Gasteiger partial charge in [0.15, 0.2) is 11.1 Å². The van der Waals surface area contributed by atoms with Crippen molar-refractivity contribution in [3.8, 4) is 0 Å². The third-order valence-electron chi connectivity index (χ3n) is 4.87. The van der Waals surface area contributed by atoms with E-state index in [1.54, 1.807) is 7.05 Å². The summed E-state index contributed by atoms with van der Waals surface area (Å²) >= 11 is 0. The number of pyridine rings is 1. The second-order valence-electron chi connectivity index (χ2n) is 6.50. The average molecular weight is 354 g/mol. The molecule has 0 bridgehead atoms. The van der Waals surface area contributed by atoms with Crippen LogP contribution in [0.25, 0.3) is 22.2 Å². The molecule has 0 radical (unpaired) electrons. The van der Waals surface area contributed by atoms with Crippen LogP contribution in [0.1, 0.15) is 54.2 Å². The number of hydrogen-bond acceptors (Lipinski definition) is 7. The second kappa shape index (κ2) is 6.36. The largest absolute Gasteiger partial charge is 0.478 e. The van der Waals surface area contributed by atoms with Gasteiger partial charge in [-0.15, -0.1) is 0 Å². The molecule has 1 saturated carbocycles. The number of aromatic carboxylic acids is 1. The Balaban J connectivity index is 1.93. The Morgan fingerprint density at radius 1 is 1.27 bits per heavy atom. The number of aromatic nitrogens is 3. The fourth-order valence-electron chi connectivity index (χ4n) is 3.50. The molecule has 0 aliphatic heterocycles. The van der Waals surface area contributed by atoms with Gasteiger partial charge in [0.25, 0.3) is 0 Å². The zero-order chi connectivity index (χ0) is 18.3. The number of rotatable bonds is 3. The summed E-state index contributed by atoms with van der Waals surface area (Å²) in [6.45, 7) is 0. The summed E-state index contributed by atoms with van der Waals surface area (Å²) in [5, 5.41) is 12.1. The van der Waals surface area contributed by atoms with Crippen molar-refractivity contribution >= 4 is 34.0 Å². The van der Waals surface area contributed by atoms with Crippen molar-refractivity contribution in [2.45, 2.75) is 38.0 Å². The highest BCUT2D eigenvalue weighted by Crippen LogP contribution is 2.31. The highest BCUT2D eigenvalue weighted by molar-refractivity contribution is 5.98. The summed E-state index contributed by atoms with van der Waals surface area (Å²) in [4.78, 5) is 37.3. The number of nitrogens with zero attached hydrogens (tertiary/aromatic N) is 3. The molecule has 1 aliphatic carbocycles. The summed E-state index contributed by atoms with van der Waals surface area (Å²) in [6.07, 6.45) is 7.03. The molecule has 3 aromatic rings. The molecule has 3 aromatic heterocycles. The van der Waals surface area contributed by atoms with Crippen LogP contribution in [0.4, 0.5) is 5.82 Å². The Labute approximate surface area is 148 Å². The van der Waals surface area contributed by atoms with Crippen LogP contribution in [0.2, 0.25) is 0 Å². The molecule has 2 N–H and O–H groups in total. The molecule has 0 amide bonds. The molecule has 26 heavy (non-hydrogen) atoms. The topological polar surface area (TPSA) is 118 Å². The van der Waals surface area contributed by atoms with Crippen molar-refractivity contribution in [2.24, 2.45) is 0 Å². The average Bonchev–Trinajstić information content (AvgIpc) is 2.67. The number of nitrogens with one attached hydrogen (secondary N) is 1. The van der Waals surface area contributed by atoms with E-state index in [-0.39, 0.29) is 39.5 Å². The molecule has 0 unspecified atom stereocenters. The predicted octanol–water partition coefficient (Wildman–Crippen LogP) is 2.92. The lowest BCUT2D eigenvalue weighted by Crippen LogP contribution is -2.13. The molecular weight excluding hydrogens is 336 g/mol. The number of fused-ring (bicyclic) bond motifs is 2. The van der Waals surface area contributed by atoms with Crippen LogP contribution in [0, 0.1) is 0 Å². The van der Waals surface area contributed by atoms with Crippen LogP contribution in [0.15, 0.2) is 21.5 Å². The predicted molar refractivity (Wildman–Crippen MR) is 95.7 cm³/mol. The molecule has 3 heterocycles. The van der Waals surface area contributed by atoms with Gasteiger partial charge < -0.3 is 14.8 Å². The van der Waals surface area contributed by atoms with Crippen LogP contribution < -0.4 is 10.7 Å². The lowest BCUT2D eigenvalue weighted by Gasteiger charge is -2.19. The quantitative estimate of drug-likeness (QED) is 0.689. The molecule has 8 heteroatoms. The van der Waals surface area contributed by atoms with Gasteiger partial charge in [-0.25, -0.2) is 14.8 Å². The third kappa shape index (κ3) is 2.67. The van der Waals surface area contributed by atoms with Crippen LogP contribution in [0.5, 0.6) is 0 Å². The molecule has 134 valence electrons. The van der Waals surface area contributed by atoms with E-state index in [1.807, 2.05) is 0 Å². The van der Waals surface area contributed by atoms with Gasteiger partial charge >= 0.3 is 5.97 Å². The summed E-state index contributed by atoms with van der Waals surface area (Å²) in [5.41, 5.74) is 0.000506. The van der Waals surface area contributed by atoms with Gasteiger partial charge in [0.1, 0.15) is 17.2 Å². The lowest BCUT2D eigenvalue weighted by molar-refractivity contribution is 0.0698. The van der Waals surface area contributed by atoms with E-state index in [0.29, 0.717) is 5.82 Å². The Bertz CT molecular complexity index is 1070. The minimum atomic E-state index is -1.17. The Kier molecular flexibility index (Phi) is 4.02. The summed E-state index contributed by atoms with van der Waals surface area (Å²) in [7, 11) is 1.55. The van der Waals surface area contributed by atoms with Gasteiger partial charge in [-0.05, 0) is 18.9 Å². The number of carbonyl (C=O) groups is 1. The van der Waals surface area contributed by atoms with Crippen molar-refractivity contribution in [1.29, 1.82) is 0 Å². The summed E-state index contributed by atoms with van der Waals surface area (Å²) < 4.78 is 5.68. The first-order valence-electron chi connectivity index (χ1n) is 8.64. The van der Waals surface area contributed by atoms with Crippen molar-refractivity contribution < 1.29 is 14.3 Å². The highest BCUT2D eigenvalue weighted by Gasteiger charge is 2.21. The molecule has 1 fully saturated rings. The first-order valence-corrected chi connectivity index (χ1v) is 8.64. The SMILES string of the molecule is CNc1nc2oc3cnc(C4CCCCC4)nc3c(=O)c2cc1C(=O)O. The lowest BCUT2D eigenvalue weighted by atomic mass is 9.89. The molecule has 0 atom stereocenters. The Hall–Kier alpha value is -3.03. The molecule has 8 nitrogen and oxygen atoms in total. The van der Waals surface area contributed by atoms with Gasteiger partial charge in [-0.2, -0.15) is 4.98 Å². The van der Waals surface area contributed by atoms with Crippen molar-refractivity contribution in [1.82, 2.24) is 15.0 Å². The van der Waals surface area contributed by atoms with Gasteiger partial charge in [0, 0.05) is 13.0 Å². The number of hydrogen-bond donors (Lipinski definition) is 2. The second-order valence-corrected chi connectivity index (χ2v) is 6.50. The van der Waals surface area contributed by atoms with E-state index >= 15 is 0 Å². The summed E-state index contributed by atoms with van der Waals surface area (Å²) in [5.74, 6) is -0.134. The zero-order valence-electron chi connectivity index (χ0n) is 14.3. The normalized spacial score (nSPS) is 15.4. The van der Waals surface area contributed by atoms with Crippen LogP contribution in [0.3, 0.4) is 0 Å². The third-order valence-corrected chi connectivity index (χ3v) is 4.87. The molecule has 0 spiro atoms. The molecule has 0 saturated heterocycles. The monoisotopic (exact) mass is 354 g/mol. The summed E-state index contributed by atoms with van der Waals surface area (Å²) in [6, 6.07) is 1.28. The van der Waals surface area contributed by atoms with Gasteiger partial charge in [-0.3, -0.25) is 4.79 Å². The standard InChI is InChI=1S/C18H18N4O4/c1-19-16-11(18(24)25)7-10-14(23)13-12(26-17(10)22-16)8-20-15(21-13)9-5-3-2-4-6-9/h7-9H,2-6H2,1H3,(H,19,22)(H,24,25). The minimum absolute atomic E-state index is 0.0610. The molecule has 4 rings (SSSR count). The van der Waals surface area contributed by atoms with Crippen LogP contribution in [-0.4, -0.2) is 33.1 Å². The van der Waals surface area contributed by atoms with Gasteiger partial charge in [0.05, 0.1) is 11.6 Å². The zero-order valence-corrected chi connectivity index (χ0v) is 14.3. The van der Waals surface area contributed by atoms with E-state index in [2.05, 4.69) is 20.3 Å². The maximum atomic E-state index is 12.9. The van der Waals surface area contributed by atoms with E-state index < -0.39 is 11.4 Å². The van der Waals surface area contributed by atoms with E-state index in [1.165, 1.54) is 18.7 Å². The minimum Gasteiger partial charge on any atom is -0.478 e. The Morgan fingerprint density at radius 3 is 2.73 bits per heavy atom. The fourth-order valence-corrected chi connectivity index (χ4v) is 3.50. The van der Waals surface area contributed by atoms with E-state index in [9.17, 15) is 14.7 Å². The van der Waals surface area contributed by atoms with E-state index in [0.717, 1.165) is 25.7 Å². The maximum Gasteiger partial charge on any atom is 0.339 e.